The predicted molar refractivity (Wildman–Crippen MR) is 105 cm³/mol. The van der Waals surface area contributed by atoms with Crippen LogP contribution in [0.4, 0.5) is 5.69 Å². The summed E-state index contributed by atoms with van der Waals surface area (Å²) in [4.78, 5) is 2.09. The van der Waals surface area contributed by atoms with Crippen LogP contribution in [0.1, 0.15) is 33.3 Å². The fourth-order valence-corrected chi connectivity index (χ4v) is 3.07. The van der Waals surface area contributed by atoms with Gasteiger partial charge in [0.25, 0.3) is 0 Å². The number of nitrogens with zero attached hydrogens (tertiary/aromatic N) is 1. The summed E-state index contributed by atoms with van der Waals surface area (Å²) in [5.74, 6) is 0.889. The third kappa shape index (κ3) is 3.02. The van der Waals surface area contributed by atoms with Gasteiger partial charge in [-0.2, -0.15) is 0 Å². The molecule has 1 saturated heterocycles. The predicted octanol–water partition coefficient (Wildman–Crippen LogP) is 3.78. The number of hydrogen-bond acceptors (Lipinski definition) is 4. The van der Waals surface area contributed by atoms with Gasteiger partial charge in [0.15, 0.2) is 6.73 Å². The first-order valence-corrected chi connectivity index (χ1v) is 8.98. The van der Waals surface area contributed by atoms with Crippen LogP contribution in [-0.4, -0.2) is 25.1 Å². The van der Waals surface area contributed by atoms with Crippen molar-refractivity contribution in [3.05, 3.63) is 66.4 Å². The third-order valence-electron chi connectivity index (χ3n) is 5.44. The molecule has 4 rings (SSSR count). The minimum absolute atomic E-state index is 0.327. The summed E-state index contributed by atoms with van der Waals surface area (Å²) in [6.07, 6.45) is 2.04. The zero-order chi connectivity index (χ0) is 18.4. The van der Waals surface area contributed by atoms with Gasteiger partial charge in [-0.1, -0.05) is 42.5 Å². The van der Waals surface area contributed by atoms with Crippen molar-refractivity contribution in [1.29, 1.82) is 0 Å². The monoisotopic (exact) mass is 349 g/mol. The summed E-state index contributed by atoms with van der Waals surface area (Å²) in [6.45, 7) is 8.79. The van der Waals surface area contributed by atoms with Crippen LogP contribution < -0.4 is 10.4 Å². The minimum atomic E-state index is -0.334. The molecule has 0 saturated carbocycles. The molecule has 0 aliphatic carbocycles. The maximum Gasteiger partial charge on any atom is 0.494 e. The zero-order valence-corrected chi connectivity index (χ0v) is 15.7. The van der Waals surface area contributed by atoms with Crippen LogP contribution in [0.25, 0.3) is 5.76 Å². The standard InChI is InChI=1S/C21H24BNO3/c1-20(2)21(3,4)26-22(25-20)17-10-12-18(13-11-17)23-14-19(24-15-23)16-8-6-5-7-9-16/h5-14H,15H2,1-4H3. The maximum atomic E-state index is 6.12. The molecule has 0 bridgehead atoms. The molecule has 2 heterocycles. The van der Waals surface area contributed by atoms with Crippen molar-refractivity contribution in [3.63, 3.8) is 0 Å². The number of anilines is 1. The fraction of sp³-hybridized carbons (Fsp3) is 0.333. The zero-order valence-electron chi connectivity index (χ0n) is 15.7. The number of hydrogen-bond donors (Lipinski definition) is 0. The van der Waals surface area contributed by atoms with Gasteiger partial charge in [0.05, 0.1) is 17.4 Å². The highest BCUT2D eigenvalue weighted by Crippen LogP contribution is 2.36. The number of ether oxygens (including phenoxy) is 1. The van der Waals surface area contributed by atoms with Gasteiger partial charge in [0.1, 0.15) is 5.76 Å². The van der Waals surface area contributed by atoms with Crippen LogP contribution in [0.2, 0.25) is 0 Å². The van der Waals surface area contributed by atoms with E-state index in [1.807, 2.05) is 24.4 Å². The molecule has 2 aromatic carbocycles. The Morgan fingerprint density at radius 3 is 2.08 bits per heavy atom. The normalized spacial score (nSPS) is 20.8. The summed E-state index contributed by atoms with van der Waals surface area (Å²) in [5.41, 5.74) is 2.54. The van der Waals surface area contributed by atoms with E-state index in [1.54, 1.807) is 0 Å². The molecule has 5 heteroatoms. The van der Waals surface area contributed by atoms with E-state index in [2.05, 4.69) is 69.0 Å². The van der Waals surface area contributed by atoms with E-state index in [-0.39, 0.29) is 18.3 Å². The molecular formula is C21H24BNO3. The molecular weight excluding hydrogens is 325 g/mol. The highest BCUT2D eigenvalue weighted by atomic mass is 16.7. The molecule has 0 radical (unpaired) electrons. The lowest BCUT2D eigenvalue weighted by atomic mass is 9.79. The van der Waals surface area contributed by atoms with Gasteiger partial charge in [-0.25, -0.2) is 0 Å². The lowest BCUT2D eigenvalue weighted by Gasteiger charge is -2.32. The van der Waals surface area contributed by atoms with Gasteiger partial charge in [-0.3, -0.25) is 0 Å². The molecule has 4 nitrogen and oxygen atoms in total. The molecule has 134 valence electrons. The van der Waals surface area contributed by atoms with E-state index in [0.29, 0.717) is 6.73 Å². The highest BCUT2D eigenvalue weighted by Gasteiger charge is 2.51. The van der Waals surface area contributed by atoms with E-state index in [9.17, 15) is 0 Å². The second kappa shape index (κ2) is 6.18. The Balaban J connectivity index is 1.50. The Morgan fingerprint density at radius 2 is 1.46 bits per heavy atom. The number of benzene rings is 2. The smallest absolute Gasteiger partial charge is 0.471 e. The first kappa shape index (κ1) is 17.2. The average Bonchev–Trinajstić information content (AvgIpc) is 3.19. The Kier molecular flexibility index (Phi) is 4.09. The second-order valence-electron chi connectivity index (χ2n) is 7.78. The number of rotatable bonds is 3. The van der Waals surface area contributed by atoms with Crippen LogP contribution >= 0.6 is 0 Å². The van der Waals surface area contributed by atoms with Crippen LogP contribution in [0, 0.1) is 0 Å². The van der Waals surface area contributed by atoms with Gasteiger partial charge in [0, 0.05) is 11.3 Å². The fourth-order valence-electron chi connectivity index (χ4n) is 3.07. The quantitative estimate of drug-likeness (QED) is 0.790. The Morgan fingerprint density at radius 1 is 0.846 bits per heavy atom. The molecule has 0 N–H and O–H groups in total. The lowest BCUT2D eigenvalue weighted by molar-refractivity contribution is 0.00578. The average molecular weight is 349 g/mol. The molecule has 0 unspecified atom stereocenters. The molecule has 26 heavy (non-hydrogen) atoms. The summed E-state index contributed by atoms with van der Waals surface area (Å²) in [7, 11) is -0.334. The first-order chi connectivity index (χ1) is 12.4. The van der Waals surface area contributed by atoms with E-state index in [1.165, 1.54) is 0 Å². The second-order valence-corrected chi connectivity index (χ2v) is 7.78. The third-order valence-corrected chi connectivity index (χ3v) is 5.44. The SMILES string of the molecule is CC1(C)OB(c2ccc(N3C=C(c4ccccc4)OC3)cc2)OC1(C)C. The molecule has 2 aliphatic rings. The molecule has 0 spiro atoms. The van der Waals surface area contributed by atoms with Crippen LogP contribution in [0.15, 0.2) is 60.8 Å². The molecule has 2 aromatic rings. The topological polar surface area (TPSA) is 30.9 Å². The minimum Gasteiger partial charge on any atom is -0.471 e. The molecule has 2 aliphatic heterocycles. The Labute approximate surface area is 155 Å². The van der Waals surface area contributed by atoms with Crippen LogP contribution in [0.3, 0.4) is 0 Å². The van der Waals surface area contributed by atoms with E-state index in [4.69, 9.17) is 14.0 Å². The summed E-state index contributed by atoms with van der Waals surface area (Å²) >= 11 is 0. The highest BCUT2D eigenvalue weighted by molar-refractivity contribution is 6.62. The summed E-state index contributed by atoms with van der Waals surface area (Å²) < 4.78 is 18.1. The van der Waals surface area contributed by atoms with Crippen molar-refractivity contribution in [2.24, 2.45) is 0 Å². The Bertz CT molecular complexity index is 799. The van der Waals surface area contributed by atoms with Crippen LogP contribution in [0.5, 0.6) is 0 Å². The van der Waals surface area contributed by atoms with Gasteiger partial charge in [-0.05, 0) is 45.3 Å². The van der Waals surface area contributed by atoms with Gasteiger partial charge >= 0.3 is 7.12 Å². The van der Waals surface area contributed by atoms with Crippen molar-refractivity contribution in [2.45, 2.75) is 38.9 Å². The lowest BCUT2D eigenvalue weighted by Crippen LogP contribution is -2.41. The first-order valence-electron chi connectivity index (χ1n) is 8.98. The summed E-state index contributed by atoms with van der Waals surface area (Å²) in [6, 6.07) is 18.4. The van der Waals surface area contributed by atoms with Crippen molar-refractivity contribution >= 4 is 24.0 Å². The molecule has 0 amide bonds. The summed E-state index contributed by atoms with van der Waals surface area (Å²) in [5, 5.41) is 0. The van der Waals surface area contributed by atoms with Gasteiger partial charge < -0.3 is 18.9 Å². The van der Waals surface area contributed by atoms with Gasteiger partial charge in [0.2, 0.25) is 0 Å². The molecule has 1 fully saturated rings. The van der Waals surface area contributed by atoms with Crippen molar-refractivity contribution in [3.8, 4) is 0 Å². The van der Waals surface area contributed by atoms with E-state index in [0.717, 1.165) is 22.5 Å². The van der Waals surface area contributed by atoms with Gasteiger partial charge in [-0.15, -0.1) is 0 Å². The van der Waals surface area contributed by atoms with Crippen molar-refractivity contribution in [1.82, 2.24) is 0 Å². The Hall–Kier alpha value is -2.24. The van der Waals surface area contributed by atoms with E-state index >= 15 is 0 Å². The van der Waals surface area contributed by atoms with E-state index < -0.39 is 0 Å². The maximum absolute atomic E-state index is 6.12. The molecule has 0 aromatic heterocycles. The molecule has 0 atom stereocenters. The van der Waals surface area contributed by atoms with Crippen molar-refractivity contribution < 1.29 is 14.0 Å². The van der Waals surface area contributed by atoms with Crippen molar-refractivity contribution in [2.75, 3.05) is 11.6 Å². The largest absolute Gasteiger partial charge is 0.494 e. The van der Waals surface area contributed by atoms with Crippen LogP contribution in [-0.2, 0) is 14.0 Å².